The topological polar surface area (TPSA) is 69.7 Å². The van der Waals surface area contributed by atoms with Crippen molar-refractivity contribution in [1.82, 2.24) is 4.98 Å². The SMILES string of the molecule is COc1cc(NC(=O)c2ccc3cc(OC)ccc3n2)cc(OC)c1. The van der Waals surface area contributed by atoms with E-state index in [0.717, 1.165) is 16.7 Å². The summed E-state index contributed by atoms with van der Waals surface area (Å²) in [6.45, 7) is 0. The van der Waals surface area contributed by atoms with Crippen molar-refractivity contribution in [3.63, 3.8) is 0 Å². The van der Waals surface area contributed by atoms with Crippen LogP contribution in [0, 0.1) is 0 Å². The molecule has 6 nitrogen and oxygen atoms in total. The summed E-state index contributed by atoms with van der Waals surface area (Å²) in [7, 11) is 4.72. The van der Waals surface area contributed by atoms with E-state index in [1.165, 1.54) is 0 Å². The molecule has 0 aliphatic carbocycles. The maximum atomic E-state index is 12.5. The molecule has 0 fully saturated rings. The van der Waals surface area contributed by atoms with E-state index in [0.29, 0.717) is 22.9 Å². The molecule has 3 rings (SSSR count). The molecule has 0 radical (unpaired) electrons. The van der Waals surface area contributed by atoms with Crippen molar-refractivity contribution in [1.29, 1.82) is 0 Å². The Morgan fingerprint density at radius 2 is 1.52 bits per heavy atom. The predicted octanol–water partition coefficient (Wildman–Crippen LogP) is 3.51. The Balaban J connectivity index is 1.87. The lowest BCUT2D eigenvalue weighted by molar-refractivity contribution is 0.102. The van der Waals surface area contributed by atoms with Gasteiger partial charge in [0.15, 0.2) is 0 Å². The molecule has 0 saturated heterocycles. The number of nitrogens with one attached hydrogen (secondary N) is 1. The van der Waals surface area contributed by atoms with Gasteiger partial charge >= 0.3 is 0 Å². The van der Waals surface area contributed by atoms with Crippen LogP contribution in [-0.4, -0.2) is 32.2 Å². The smallest absolute Gasteiger partial charge is 0.274 e. The molecule has 0 aliphatic rings. The van der Waals surface area contributed by atoms with Crippen molar-refractivity contribution >= 4 is 22.5 Å². The molecule has 2 aromatic carbocycles. The number of amides is 1. The Morgan fingerprint density at radius 1 is 0.840 bits per heavy atom. The summed E-state index contributed by atoms with van der Waals surface area (Å²) < 4.78 is 15.6. The highest BCUT2D eigenvalue weighted by Gasteiger charge is 2.11. The molecule has 0 atom stereocenters. The fraction of sp³-hybridized carbons (Fsp3) is 0.158. The molecule has 1 heterocycles. The Bertz CT molecular complexity index is 902. The third-order valence-electron chi connectivity index (χ3n) is 3.74. The molecule has 0 spiro atoms. The van der Waals surface area contributed by atoms with Crippen LogP contribution in [-0.2, 0) is 0 Å². The summed E-state index contributed by atoms with van der Waals surface area (Å²) in [6, 6.07) is 14.2. The first-order chi connectivity index (χ1) is 12.1. The van der Waals surface area contributed by atoms with Crippen molar-refractivity contribution in [3.8, 4) is 17.2 Å². The minimum absolute atomic E-state index is 0.312. The molecule has 0 bridgehead atoms. The fourth-order valence-electron chi connectivity index (χ4n) is 2.43. The molecular formula is C19H18N2O4. The van der Waals surface area contributed by atoms with Gasteiger partial charge < -0.3 is 19.5 Å². The lowest BCUT2D eigenvalue weighted by atomic mass is 10.2. The quantitative estimate of drug-likeness (QED) is 0.771. The van der Waals surface area contributed by atoms with Gasteiger partial charge in [-0.05, 0) is 24.3 Å². The van der Waals surface area contributed by atoms with Gasteiger partial charge in [-0.3, -0.25) is 4.79 Å². The number of aromatic nitrogens is 1. The zero-order valence-electron chi connectivity index (χ0n) is 14.2. The number of anilines is 1. The van der Waals surface area contributed by atoms with Crippen LogP contribution in [0.25, 0.3) is 10.9 Å². The molecule has 3 aromatic rings. The number of hydrogen-bond acceptors (Lipinski definition) is 5. The molecule has 0 aliphatic heterocycles. The van der Waals surface area contributed by atoms with Crippen LogP contribution in [0.1, 0.15) is 10.5 Å². The standard InChI is InChI=1S/C19H18N2O4/c1-23-14-5-7-17-12(8-14)4-6-18(21-17)19(22)20-13-9-15(24-2)11-16(10-13)25-3/h4-11H,1-3H3,(H,20,22). The minimum atomic E-state index is -0.312. The average Bonchev–Trinajstić information content (AvgIpc) is 2.66. The molecule has 0 saturated carbocycles. The highest BCUT2D eigenvalue weighted by atomic mass is 16.5. The summed E-state index contributed by atoms with van der Waals surface area (Å²) in [4.78, 5) is 16.9. The summed E-state index contributed by atoms with van der Waals surface area (Å²) >= 11 is 0. The molecule has 1 N–H and O–H groups in total. The molecule has 6 heteroatoms. The van der Waals surface area contributed by atoms with E-state index >= 15 is 0 Å². The fourth-order valence-corrected chi connectivity index (χ4v) is 2.43. The summed E-state index contributed by atoms with van der Waals surface area (Å²) in [5.74, 6) is 1.62. The first-order valence-corrected chi connectivity index (χ1v) is 7.62. The number of nitrogens with zero attached hydrogens (tertiary/aromatic N) is 1. The highest BCUT2D eigenvalue weighted by molar-refractivity contribution is 6.04. The van der Waals surface area contributed by atoms with Crippen molar-refractivity contribution in [3.05, 3.63) is 54.2 Å². The van der Waals surface area contributed by atoms with Gasteiger partial charge in [-0.1, -0.05) is 6.07 Å². The first kappa shape index (κ1) is 16.6. The van der Waals surface area contributed by atoms with Crippen LogP contribution >= 0.6 is 0 Å². The van der Waals surface area contributed by atoms with Crippen LogP contribution in [0.2, 0.25) is 0 Å². The van der Waals surface area contributed by atoms with E-state index in [-0.39, 0.29) is 5.91 Å². The number of methoxy groups -OCH3 is 3. The molecule has 128 valence electrons. The van der Waals surface area contributed by atoms with E-state index in [4.69, 9.17) is 14.2 Å². The van der Waals surface area contributed by atoms with Crippen LogP contribution in [0.3, 0.4) is 0 Å². The van der Waals surface area contributed by atoms with E-state index in [1.807, 2.05) is 24.3 Å². The number of fused-ring (bicyclic) bond motifs is 1. The van der Waals surface area contributed by atoms with Gasteiger partial charge in [0.05, 0.1) is 26.8 Å². The number of rotatable bonds is 5. The zero-order chi connectivity index (χ0) is 17.8. The van der Waals surface area contributed by atoms with Crippen molar-refractivity contribution < 1.29 is 19.0 Å². The van der Waals surface area contributed by atoms with E-state index < -0.39 is 0 Å². The Morgan fingerprint density at radius 3 is 2.16 bits per heavy atom. The Hall–Kier alpha value is -3.28. The van der Waals surface area contributed by atoms with Gasteiger partial charge in [-0.25, -0.2) is 4.98 Å². The van der Waals surface area contributed by atoms with Gasteiger partial charge in [0.1, 0.15) is 22.9 Å². The van der Waals surface area contributed by atoms with Crippen LogP contribution in [0.5, 0.6) is 17.2 Å². The second kappa shape index (κ2) is 7.09. The van der Waals surface area contributed by atoms with E-state index in [9.17, 15) is 4.79 Å². The maximum Gasteiger partial charge on any atom is 0.274 e. The van der Waals surface area contributed by atoms with Crippen molar-refractivity contribution in [2.24, 2.45) is 0 Å². The summed E-state index contributed by atoms with van der Waals surface area (Å²) in [6.07, 6.45) is 0. The van der Waals surface area contributed by atoms with Gasteiger partial charge in [-0.15, -0.1) is 0 Å². The normalized spacial score (nSPS) is 10.4. The first-order valence-electron chi connectivity index (χ1n) is 7.62. The highest BCUT2D eigenvalue weighted by Crippen LogP contribution is 2.26. The second-order valence-electron chi connectivity index (χ2n) is 5.31. The molecule has 1 amide bonds. The molecular weight excluding hydrogens is 320 g/mol. The summed E-state index contributed by atoms with van der Waals surface area (Å²) in [5.41, 5.74) is 1.61. The number of ether oxygens (including phenoxy) is 3. The van der Waals surface area contributed by atoms with Gasteiger partial charge in [0.25, 0.3) is 5.91 Å². The monoisotopic (exact) mass is 338 g/mol. The Labute approximate surface area is 145 Å². The summed E-state index contributed by atoms with van der Waals surface area (Å²) in [5, 5.41) is 3.71. The second-order valence-corrected chi connectivity index (χ2v) is 5.31. The van der Waals surface area contributed by atoms with E-state index in [1.54, 1.807) is 45.6 Å². The third kappa shape index (κ3) is 3.63. The largest absolute Gasteiger partial charge is 0.497 e. The maximum absolute atomic E-state index is 12.5. The number of carbonyl (C=O) groups is 1. The van der Waals surface area contributed by atoms with Gasteiger partial charge in [0, 0.05) is 29.3 Å². The predicted molar refractivity (Wildman–Crippen MR) is 95.8 cm³/mol. The minimum Gasteiger partial charge on any atom is -0.497 e. The molecule has 0 unspecified atom stereocenters. The number of pyridine rings is 1. The van der Waals surface area contributed by atoms with E-state index in [2.05, 4.69) is 10.3 Å². The van der Waals surface area contributed by atoms with Crippen molar-refractivity contribution in [2.75, 3.05) is 26.6 Å². The molecule has 1 aromatic heterocycles. The third-order valence-corrected chi connectivity index (χ3v) is 3.74. The number of hydrogen-bond donors (Lipinski definition) is 1. The average molecular weight is 338 g/mol. The lowest BCUT2D eigenvalue weighted by Crippen LogP contribution is -2.13. The van der Waals surface area contributed by atoms with Crippen LogP contribution < -0.4 is 19.5 Å². The lowest BCUT2D eigenvalue weighted by Gasteiger charge is -2.10. The number of benzene rings is 2. The molecule has 25 heavy (non-hydrogen) atoms. The van der Waals surface area contributed by atoms with Crippen LogP contribution in [0.4, 0.5) is 5.69 Å². The van der Waals surface area contributed by atoms with Gasteiger partial charge in [-0.2, -0.15) is 0 Å². The number of carbonyl (C=O) groups excluding carboxylic acids is 1. The van der Waals surface area contributed by atoms with Gasteiger partial charge in [0.2, 0.25) is 0 Å². The Kier molecular flexibility index (Phi) is 4.70. The van der Waals surface area contributed by atoms with Crippen LogP contribution in [0.15, 0.2) is 48.5 Å². The zero-order valence-corrected chi connectivity index (χ0v) is 14.2. The van der Waals surface area contributed by atoms with Crippen molar-refractivity contribution in [2.45, 2.75) is 0 Å².